The van der Waals surface area contributed by atoms with E-state index in [1.54, 1.807) is 0 Å². The maximum absolute atomic E-state index is 2.44. The van der Waals surface area contributed by atoms with Gasteiger partial charge in [-0.25, -0.2) is 0 Å². The molecule has 0 bridgehead atoms. The van der Waals surface area contributed by atoms with Gasteiger partial charge in [-0.3, -0.25) is 0 Å². The summed E-state index contributed by atoms with van der Waals surface area (Å²) >= 11 is 0. The van der Waals surface area contributed by atoms with Gasteiger partial charge in [0.05, 0.1) is 0 Å². The van der Waals surface area contributed by atoms with Crippen molar-refractivity contribution >= 4 is 76.8 Å². The van der Waals surface area contributed by atoms with Crippen LogP contribution >= 0.6 is 0 Å². The van der Waals surface area contributed by atoms with Crippen LogP contribution in [0.4, 0.5) is 0 Å². The van der Waals surface area contributed by atoms with Crippen LogP contribution in [0.3, 0.4) is 0 Å². The maximum atomic E-state index is 2.44. The van der Waals surface area contributed by atoms with Crippen molar-refractivity contribution in [3.63, 3.8) is 0 Å². The van der Waals surface area contributed by atoms with Crippen LogP contribution in [-0.4, -0.2) is 0 Å². The molecule has 12 aromatic rings. The molecule has 0 saturated carbocycles. The minimum atomic E-state index is 1.19. The highest BCUT2D eigenvalue weighted by atomic mass is 14.2. The first-order chi connectivity index (χ1) is 30.7. The lowest BCUT2D eigenvalue weighted by Crippen LogP contribution is -1.92. The van der Waals surface area contributed by atoms with Crippen LogP contribution < -0.4 is 0 Å². The molecule has 12 aromatic carbocycles. The third kappa shape index (κ3) is 6.08. The molecule has 0 unspecified atom stereocenters. The van der Waals surface area contributed by atoms with Crippen molar-refractivity contribution in [1.29, 1.82) is 0 Å². The molecular formula is C62H40. The van der Waals surface area contributed by atoms with E-state index in [2.05, 4.69) is 243 Å². The average molecular weight is 785 g/mol. The van der Waals surface area contributed by atoms with Crippen molar-refractivity contribution in [2.45, 2.75) is 0 Å². The monoisotopic (exact) mass is 784 g/mol. The molecule has 0 radical (unpaired) electrons. The molecule has 0 saturated heterocycles. The summed E-state index contributed by atoms with van der Waals surface area (Å²) in [5.41, 5.74) is 12.3. The Morgan fingerprint density at radius 1 is 0.210 bits per heavy atom. The van der Waals surface area contributed by atoms with Gasteiger partial charge < -0.3 is 0 Å². The molecule has 0 aliphatic heterocycles. The molecule has 0 heterocycles. The maximum Gasteiger partial charge on any atom is -0.00259 e. The summed E-state index contributed by atoms with van der Waals surface area (Å²) in [4.78, 5) is 0. The van der Waals surface area contributed by atoms with Crippen LogP contribution in [0.2, 0.25) is 0 Å². The Balaban J connectivity index is 1.05. The van der Waals surface area contributed by atoms with Crippen molar-refractivity contribution in [1.82, 2.24) is 0 Å². The fourth-order valence-corrected chi connectivity index (χ4v) is 9.90. The van der Waals surface area contributed by atoms with Crippen LogP contribution in [0.15, 0.2) is 231 Å². The molecule has 288 valence electrons. The van der Waals surface area contributed by atoms with E-state index in [-0.39, 0.29) is 0 Å². The van der Waals surface area contributed by atoms with Crippen molar-refractivity contribution in [2.24, 2.45) is 0 Å². The van der Waals surface area contributed by atoms with Crippen LogP contribution in [0.1, 0.15) is 11.1 Å². The standard InChI is InChI=1S/C62H40/c1-2-14-41(15-3-1)26-36-53-51-20-8-10-22-54(51)60(55-23-11-9-21-52(53)55)45-31-27-44(28-32-45)48-35-37-58-59(40-48)62(50-34-30-43-17-5-7-19-47(43)39-50)57-25-13-12-24-56(57)61(58)49-33-29-42-16-4-6-18-46(42)38-49/h1-40H. The van der Waals surface area contributed by atoms with Crippen LogP contribution in [0, 0.1) is 0 Å². The fourth-order valence-electron chi connectivity index (χ4n) is 9.90. The molecule has 12 rings (SSSR count). The zero-order valence-electron chi connectivity index (χ0n) is 34.1. The Morgan fingerprint density at radius 3 is 1.16 bits per heavy atom. The van der Waals surface area contributed by atoms with Gasteiger partial charge in [-0.2, -0.15) is 0 Å². The Hall–Kier alpha value is -8.06. The van der Waals surface area contributed by atoms with E-state index in [1.165, 1.54) is 120 Å². The Morgan fingerprint density at radius 2 is 0.597 bits per heavy atom. The lowest BCUT2D eigenvalue weighted by atomic mass is 9.84. The summed E-state index contributed by atoms with van der Waals surface area (Å²) in [5.74, 6) is 0. The highest BCUT2D eigenvalue weighted by molar-refractivity contribution is 6.23. The first-order valence-electron chi connectivity index (χ1n) is 21.5. The van der Waals surface area contributed by atoms with Gasteiger partial charge in [-0.15, -0.1) is 0 Å². The van der Waals surface area contributed by atoms with E-state index in [1.807, 2.05) is 0 Å². The largest absolute Gasteiger partial charge is 0.0622 e. The highest BCUT2D eigenvalue weighted by Crippen LogP contribution is 2.46. The highest BCUT2D eigenvalue weighted by Gasteiger charge is 2.19. The van der Waals surface area contributed by atoms with Crippen molar-refractivity contribution < 1.29 is 0 Å². The second kappa shape index (κ2) is 14.9. The summed E-state index contributed by atoms with van der Waals surface area (Å²) in [6, 6.07) is 84.8. The summed E-state index contributed by atoms with van der Waals surface area (Å²) in [5, 5.41) is 15.0. The number of benzene rings is 12. The van der Waals surface area contributed by atoms with Gasteiger partial charge in [0.2, 0.25) is 0 Å². The lowest BCUT2D eigenvalue weighted by molar-refractivity contribution is 1.62. The second-order valence-corrected chi connectivity index (χ2v) is 16.4. The lowest BCUT2D eigenvalue weighted by Gasteiger charge is -2.19. The van der Waals surface area contributed by atoms with Crippen LogP contribution in [0.5, 0.6) is 0 Å². The molecule has 0 aliphatic carbocycles. The van der Waals surface area contributed by atoms with E-state index in [4.69, 9.17) is 0 Å². The van der Waals surface area contributed by atoms with E-state index in [0.29, 0.717) is 0 Å². The molecule has 0 N–H and O–H groups in total. The van der Waals surface area contributed by atoms with Crippen LogP contribution in [-0.2, 0) is 0 Å². The zero-order chi connectivity index (χ0) is 41.0. The predicted molar refractivity (Wildman–Crippen MR) is 269 cm³/mol. The first kappa shape index (κ1) is 35.8. The van der Waals surface area contributed by atoms with Gasteiger partial charge in [-0.1, -0.05) is 224 Å². The molecule has 0 atom stereocenters. The van der Waals surface area contributed by atoms with Gasteiger partial charge in [-0.05, 0) is 138 Å². The topological polar surface area (TPSA) is 0 Å². The molecule has 0 aromatic heterocycles. The molecule has 0 heteroatoms. The normalized spacial score (nSPS) is 11.8. The molecule has 0 amide bonds. The third-order valence-electron chi connectivity index (χ3n) is 12.8. The Labute approximate surface area is 361 Å². The first-order valence-corrected chi connectivity index (χ1v) is 21.5. The molecule has 0 fully saturated rings. The fraction of sp³-hybridized carbons (Fsp3) is 0. The average Bonchev–Trinajstić information content (AvgIpc) is 3.34. The predicted octanol–water partition coefficient (Wildman–Crippen LogP) is 17.4. The number of rotatable bonds is 6. The van der Waals surface area contributed by atoms with E-state index in [0.717, 1.165) is 0 Å². The molecule has 62 heavy (non-hydrogen) atoms. The summed E-state index contributed by atoms with van der Waals surface area (Å²) in [7, 11) is 0. The Bertz CT molecular complexity index is 3660. The van der Waals surface area contributed by atoms with Gasteiger partial charge in [0.25, 0.3) is 0 Å². The molecular weight excluding hydrogens is 745 g/mol. The summed E-state index contributed by atoms with van der Waals surface area (Å²) in [6.07, 6.45) is 4.51. The van der Waals surface area contributed by atoms with Gasteiger partial charge >= 0.3 is 0 Å². The van der Waals surface area contributed by atoms with Crippen LogP contribution in [0.25, 0.3) is 121 Å². The van der Waals surface area contributed by atoms with Crippen molar-refractivity contribution in [3.8, 4) is 44.5 Å². The molecule has 0 aliphatic rings. The second-order valence-electron chi connectivity index (χ2n) is 16.4. The summed E-state index contributed by atoms with van der Waals surface area (Å²) in [6.45, 7) is 0. The van der Waals surface area contributed by atoms with Gasteiger partial charge in [0.15, 0.2) is 0 Å². The number of fused-ring (bicyclic) bond motifs is 6. The number of hydrogen-bond acceptors (Lipinski definition) is 0. The zero-order valence-corrected chi connectivity index (χ0v) is 34.1. The number of hydrogen-bond donors (Lipinski definition) is 0. The minimum absolute atomic E-state index is 1.19. The minimum Gasteiger partial charge on any atom is -0.0622 e. The van der Waals surface area contributed by atoms with Gasteiger partial charge in [0.1, 0.15) is 0 Å². The smallest absolute Gasteiger partial charge is 0.00259 e. The van der Waals surface area contributed by atoms with Crippen molar-refractivity contribution in [3.05, 3.63) is 242 Å². The quantitative estimate of drug-likeness (QED) is 0.116. The van der Waals surface area contributed by atoms with Gasteiger partial charge in [0, 0.05) is 0 Å². The van der Waals surface area contributed by atoms with E-state index >= 15 is 0 Å². The van der Waals surface area contributed by atoms with E-state index < -0.39 is 0 Å². The summed E-state index contributed by atoms with van der Waals surface area (Å²) < 4.78 is 0. The van der Waals surface area contributed by atoms with Crippen molar-refractivity contribution in [2.75, 3.05) is 0 Å². The third-order valence-corrected chi connectivity index (χ3v) is 12.8. The van der Waals surface area contributed by atoms with E-state index in [9.17, 15) is 0 Å². The Kier molecular flexibility index (Phi) is 8.61. The molecule has 0 spiro atoms. The molecule has 0 nitrogen and oxygen atoms in total. The SMILES string of the molecule is C(=Cc1c2ccccc2c(-c2ccc(-c3ccc4c(-c5ccc6ccccc6c5)c5ccccc5c(-c5ccc6ccccc6c5)c4c3)cc2)c2ccccc12)c1ccccc1.